The van der Waals surface area contributed by atoms with E-state index in [2.05, 4.69) is 352 Å². The van der Waals surface area contributed by atoms with E-state index in [-0.39, 0.29) is 52.9 Å². The van der Waals surface area contributed by atoms with Crippen LogP contribution in [-0.4, -0.2) is 63.1 Å². The number of fused-ring (bicyclic) bond motifs is 14. The van der Waals surface area contributed by atoms with Gasteiger partial charge < -0.3 is 38.6 Å². The van der Waals surface area contributed by atoms with Crippen LogP contribution in [-0.2, 0) is 0 Å². The van der Waals surface area contributed by atoms with Gasteiger partial charge in [0.05, 0.1) is 13.2 Å². The van der Waals surface area contributed by atoms with E-state index in [0.29, 0.717) is 34.5 Å². The maximum atomic E-state index is 10.5. The fourth-order valence-electron chi connectivity index (χ4n) is 18.5. The zero-order chi connectivity index (χ0) is 87.7. The lowest BCUT2D eigenvalue weighted by atomic mass is 9.90. The SMILES string of the molecule is OCCOc1ccc2cc(-c3ccc4c(c3)Sc3ccccc3S4)ccc2c1-c1c(OCCOc2ccc3ccccc3c2-c2c(OCCOc3ccc4cc(-c5ccc6c(c5)Sc5ccccc5S6)ccc4c3-c3c(OCCO)ccc4cc(-c5ccc6c(c5)Sc5ccccc5S6)ccc34)ccc3ccccc23)ccc2cc(-c3ccc4c(c3)Sc3ccccc3S4)ccc12. The van der Waals surface area contributed by atoms with Crippen LogP contribution in [0.2, 0.25) is 0 Å². The van der Waals surface area contributed by atoms with Gasteiger partial charge in [0.25, 0.3) is 0 Å². The topological polar surface area (TPSA) is 95.8 Å². The van der Waals surface area contributed by atoms with Gasteiger partial charge in [-0.05, 0) is 267 Å². The summed E-state index contributed by atoms with van der Waals surface area (Å²) in [4.78, 5) is 20.1. The minimum absolute atomic E-state index is 0.0971. The second-order valence-corrected chi connectivity index (χ2v) is 41.3. The smallest absolute Gasteiger partial charge is 0.128 e. The first kappa shape index (κ1) is 82.6. The number of hydrogen-bond acceptors (Lipinski definition) is 16. The molecule has 0 saturated heterocycles. The third-order valence-electron chi connectivity index (χ3n) is 24.6. The first-order valence-corrected chi connectivity index (χ1v) is 50.5. The van der Waals surface area contributed by atoms with Crippen molar-refractivity contribution in [2.24, 2.45) is 0 Å². The Hall–Kier alpha value is -12.5. The predicted octanol–water partition coefficient (Wildman–Crippen LogP) is 32.4. The molecule has 0 bridgehead atoms. The number of hydrogen-bond donors (Lipinski definition) is 2. The second kappa shape index (κ2) is 35.9. The molecule has 16 heteroatoms. The van der Waals surface area contributed by atoms with Crippen molar-refractivity contribution in [1.29, 1.82) is 0 Å². The maximum Gasteiger partial charge on any atom is 0.128 e. The molecule has 24 rings (SSSR count). The Labute approximate surface area is 797 Å². The highest BCUT2D eigenvalue weighted by Crippen LogP contribution is 2.57. The Morgan fingerprint density at radius 2 is 0.333 bits per heavy atom. The zero-order valence-corrected chi connectivity index (χ0v) is 77.4. The van der Waals surface area contributed by atoms with Gasteiger partial charge in [-0.3, -0.25) is 0 Å². The summed E-state index contributed by atoms with van der Waals surface area (Å²) in [5, 5.41) is 33.1. The molecule has 2 N–H and O–H groups in total. The van der Waals surface area contributed by atoms with Gasteiger partial charge in [0, 0.05) is 112 Å². The van der Waals surface area contributed by atoms with Crippen LogP contribution in [0.4, 0.5) is 0 Å². The Balaban J connectivity index is 0.562. The molecule has 0 spiro atoms. The van der Waals surface area contributed by atoms with Crippen LogP contribution in [0.25, 0.3) is 143 Å². The van der Waals surface area contributed by atoms with E-state index >= 15 is 0 Å². The van der Waals surface area contributed by atoms with Gasteiger partial charge in [0.1, 0.15) is 74.1 Å². The highest BCUT2D eigenvalue weighted by Gasteiger charge is 2.29. The van der Waals surface area contributed by atoms with Gasteiger partial charge in [-0.15, -0.1) is 0 Å². The molecule has 0 aromatic heterocycles. The molecule has 0 aliphatic carbocycles. The van der Waals surface area contributed by atoms with Crippen molar-refractivity contribution in [3.63, 3.8) is 0 Å². The molecule has 0 amide bonds. The summed E-state index contributed by atoms with van der Waals surface area (Å²) in [6, 6.07) is 131. The molecule has 0 unspecified atom stereocenters. The van der Waals surface area contributed by atoms with Crippen LogP contribution in [0.1, 0.15) is 0 Å². The van der Waals surface area contributed by atoms with E-state index in [0.717, 1.165) is 143 Å². The third-order valence-corrected chi connectivity index (χ3v) is 34.8. The summed E-state index contributed by atoms with van der Waals surface area (Å²) in [6.45, 7) is 0.573. The quantitative estimate of drug-likeness (QED) is 0.0595. The number of aliphatic hydroxyl groups excluding tert-OH is 2. The van der Waals surface area contributed by atoms with Crippen LogP contribution in [0.15, 0.2) is 442 Å². The molecule has 20 aromatic rings. The second-order valence-electron chi connectivity index (χ2n) is 32.6. The summed E-state index contributed by atoms with van der Waals surface area (Å²) < 4.78 is 42.2. The zero-order valence-electron chi connectivity index (χ0n) is 70.9. The van der Waals surface area contributed by atoms with Crippen LogP contribution in [0.5, 0.6) is 34.5 Å². The highest BCUT2D eigenvalue weighted by molar-refractivity contribution is 8.06. The summed E-state index contributed by atoms with van der Waals surface area (Å²) >= 11 is 14.6. The van der Waals surface area contributed by atoms with Crippen molar-refractivity contribution < 1.29 is 38.6 Å². The summed E-state index contributed by atoms with van der Waals surface area (Å²) in [7, 11) is 0. The molecular formula is C116H78O8S8. The molecule has 0 radical (unpaired) electrons. The van der Waals surface area contributed by atoms with E-state index in [1.165, 1.54) is 78.3 Å². The molecule has 132 heavy (non-hydrogen) atoms. The molecule has 4 aliphatic heterocycles. The molecule has 4 aliphatic rings. The standard InChI is InChI=1S/C116H78O8S8/c117-53-55-119-89-45-31-79-61-71(75-35-49-103-107(65-75)129-99-21-9-5-17-95(99)125-103)25-39-85(79)113(89)115-87-41-27-73(77-37-51-105-109(67-77)131-101-23-11-7-19-97(101)127-105)63-81(87)33-47-93(115)123-59-57-121-91-43-29-69-13-1-3-15-83(69)111(91)112-84-16-4-2-14-70(84)30-44-92(112)122-58-60-124-94-48-34-82-64-74(78-38-52-106-110(68-78)132-102-24-12-8-20-98(102)128-106)28-42-88(82)116(94)114-86-40-26-72(62-80(86)32-46-90(114)120-56-54-118)76-36-50-104-108(66-76)130-100-22-10-6-18-96(100)126-104/h1-52,61-68,117-118H,53-60H2. The fourth-order valence-corrected chi connectivity index (χ4v) is 27.5. The van der Waals surface area contributed by atoms with E-state index < -0.39 is 0 Å². The third kappa shape index (κ3) is 15.8. The van der Waals surface area contributed by atoms with Crippen molar-refractivity contribution in [2.45, 2.75) is 78.3 Å². The van der Waals surface area contributed by atoms with E-state index in [4.69, 9.17) is 28.4 Å². The van der Waals surface area contributed by atoms with Gasteiger partial charge >= 0.3 is 0 Å². The number of aliphatic hydroxyl groups is 2. The summed E-state index contributed by atoms with van der Waals surface area (Å²) in [5.41, 5.74) is 14.2. The highest BCUT2D eigenvalue weighted by atomic mass is 32.2. The van der Waals surface area contributed by atoms with Crippen LogP contribution < -0.4 is 28.4 Å². The predicted molar refractivity (Wildman–Crippen MR) is 548 cm³/mol. The van der Waals surface area contributed by atoms with Gasteiger partial charge in [-0.2, -0.15) is 0 Å². The van der Waals surface area contributed by atoms with Crippen molar-refractivity contribution >= 4 is 159 Å². The lowest BCUT2D eigenvalue weighted by Crippen LogP contribution is -2.12. The van der Waals surface area contributed by atoms with Gasteiger partial charge in [-0.1, -0.05) is 300 Å². The van der Waals surface area contributed by atoms with Crippen LogP contribution in [0, 0.1) is 0 Å². The molecule has 0 saturated carbocycles. The minimum Gasteiger partial charge on any atom is -0.491 e. The average Bonchev–Trinajstić information content (AvgIpc) is 0.762. The van der Waals surface area contributed by atoms with Crippen LogP contribution >= 0.6 is 94.1 Å². The normalized spacial score (nSPS) is 12.8. The first-order chi connectivity index (χ1) is 65.3. The Morgan fingerprint density at radius 1 is 0.152 bits per heavy atom. The first-order valence-electron chi connectivity index (χ1n) is 43.9. The number of rotatable bonds is 23. The number of ether oxygens (including phenoxy) is 6. The largest absolute Gasteiger partial charge is 0.491 e. The molecule has 0 fully saturated rings. The van der Waals surface area contributed by atoms with Gasteiger partial charge in [0.2, 0.25) is 0 Å². The Bertz CT molecular complexity index is 7610. The summed E-state index contributed by atoms with van der Waals surface area (Å²) in [5.74, 6) is 3.92. The minimum atomic E-state index is -0.162. The number of benzene rings is 20. The molecule has 8 nitrogen and oxygen atoms in total. The van der Waals surface area contributed by atoms with Gasteiger partial charge in [0.15, 0.2) is 0 Å². The van der Waals surface area contributed by atoms with Crippen molar-refractivity contribution in [3.8, 4) is 112 Å². The molecule has 638 valence electrons. The van der Waals surface area contributed by atoms with Crippen molar-refractivity contribution in [2.75, 3.05) is 52.9 Å². The van der Waals surface area contributed by atoms with Crippen molar-refractivity contribution in [1.82, 2.24) is 0 Å². The van der Waals surface area contributed by atoms with E-state index in [1.54, 1.807) is 0 Å². The lowest BCUT2D eigenvalue weighted by molar-refractivity contribution is 0.202. The fraction of sp³-hybridized carbons (Fsp3) is 0.0690. The van der Waals surface area contributed by atoms with Gasteiger partial charge in [-0.25, -0.2) is 0 Å². The summed E-state index contributed by atoms with van der Waals surface area (Å²) in [6.07, 6.45) is 0. The van der Waals surface area contributed by atoms with E-state index in [9.17, 15) is 10.2 Å². The average molecular weight is 1860 g/mol. The monoisotopic (exact) mass is 1850 g/mol. The molecule has 0 atom stereocenters. The lowest BCUT2D eigenvalue weighted by Gasteiger charge is -2.22. The van der Waals surface area contributed by atoms with E-state index in [1.807, 2.05) is 106 Å². The Kier molecular flexibility index (Phi) is 22.5. The molecular weight excluding hydrogens is 1780 g/mol. The van der Waals surface area contributed by atoms with Crippen LogP contribution in [0.3, 0.4) is 0 Å². The maximum absolute atomic E-state index is 10.5. The molecule has 4 heterocycles. The van der Waals surface area contributed by atoms with Crippen molar-refractivity contribution in [3.05, 3.63) is 364 Å². The molecule has 20 aromatic carbocycles. The Morgan fingerprint density at radius 3 is 0.576 bits per heavy atom.